The Labute approximate surface area is 198 Å². The lowest BCUT2D eigenvalue weighted by atomic mass is 9.83. The smallest absolute Gasteiger partial charge is 0.321 e. The number of methoxy groups -OCH3 is 2. The number of carbonyl (C=O) groups is 1. The summed E-state index contributed by atoms with van der Waals surface area (Å²) in [5.74, 6) is 1.19. The Morgan fingerprint density at radius 2 is 1.79 bits per heavy atom. The fourth-order valence-electron chi connectivity index (χ4n) is 4.76. The zero-order chi connectivity index (χ0) is 24.5. The third-order valence-corrected chi connectivity index (χ3v) is 7.71. The van der Waals surface area contributed by atoms with E-state index in [1.165, 1.54) is 6.07 Å². The molecule has 0 spiro atoms. The van der Waals surface area contributed by atoms with Gasteiger partial charge in [-0.2, -0.15) is 0 Å². The molecule has 4 rings (SSSR count). The van der Waals surface area contributed by atoms with Gasteiger partial charge in [0.05, 0.1) is 20.0 Å². The maximum absolute atomic E-state index is 13.0. The first kappa shape index (κ1) is 23.9. The van der Waals surface area contributed by atoms with Crippen molar-refractivity contribution in [3.05, 3.63) is 46.4 Å². The Morgan fingerprint density at radius 3 is 2.44 bits per heavy atom. The van der Waals surface area contributed by atoms with Crippen LogP contribution in [-0.2, 0) is 16.6 Å². The normalized spacial score (nSPS) is 19.2. The second-order valence-corrected chi connectivity index (χ2v) is 10.6. The van der Waals surface area contributed by atoms with Crippen molar-refractivity contribution >= 4 is 27.4 Å². The van der Waals surface area contributed by atoms with E-state index in [1.54, 1.807) is 54.9 Å². The zero-order valence-corrected chi connectivity index (χ0v) is 20.4. The average Bonchev–Trinajstić information content (AvgIpc) is 2.80. The van der Waals surface area contributed by atoms with Crippen LogP contribution in [0.1, 0.15) is 31.4 Å². The minimum absolute atomic E-state index is 0.00732. The predicted molar refractivity (Wildman–Crippen MR) is 129 cm³/mol. The molecule has 3 heterocycles. The van der Waals surface area contributed by atoms with Crippen molar-refractivity contribution in [2.45, 2.75) is 32.2 Å². The number of carbonyl (C=O) groups excluding carboxylic acids is 1. The first-order valence-corrected chi connectivity index (χ1v) is 12.9. The fraction of sp³-hybridized carbons (Fsp3) is 0.478. The average molecular weight is 491 g/mol. The summed E-state index contributed by atoms with van der Waals surface area (Å²) < 4.78 is 38.9. The van der Waals surface area contributed by atoms with Crippen LogP contribution in [0.15, 0.2) is 35.1 Å². The van der Waals surface area contributed by atoms with Crippen LogP contribution in [0.5, 0.6) is 11.5 Å². The number of hydrogen-bond acceptors (Lipinski definition) is 6. The van der Waals surface area contributed by atoms with Crippen molar-refractivity contribution in [1.82, 2.24) is 9.47 Å². The van der Waals surface area contributed by atoms with Crippen LogP contribution in [0, 0.1) is 5.92 Å². The van der Waals surface area contributed by atoms with Crippen LogP contribution < -0.4 is 25.1 Å². The zero-order valence-electron chi connectivity index (χ0n) is 19.5. The number of rotatable bonds is 7. The molecule has 2 amide bonds. The van der Waals surface area contributed by atoms with Gasteiger partial charge in [-0.3, -0.25) is 9.52 Å². The second kappa shape index (κ2) is 9.57. The Kier molecular flexibility index (Phi) is 6.74. The lowest BCUT2D eigenvalue weighted by Crippen LogP contribution is -2.50. The summed E-state index contributed by atoms with van der Waals surface area (Å²) in [5.41, 5.74) is 1.12. The van der Waals surface area contributed by atoms with E-state index in [1.807, 2.05) is 0 Å². The first-order chi connectivity index (χ1) is 16.2. The van der Waals surface area contributed by atoms with E-state index in [0.717, 1.165) is 12.1 Å². The Balaban J connectivity index is 1.52. The summed E-state index contributed by atoms with van der Waals surface area (Å²) in [5, 5.41) is 2.91. The summed E-state index contributed by atoms with van der Waals surface area (Å²) in [4.78, 5) is 27.8. The van der Waals surface area contributed by atoms with E-state index in [0.29, 0.717) is 43.2 Å². The van der Waals surface area contributed by atoms with Crippen LogP contribution in [0.25, 0.3) is 0 Å². The number of sulfonamides is 1. The molecule has 1 saturated heterocycles. The number of urea groups is 1. The number of pyridine rings is 1. The molecule has 34 heavy (non-hydrogen) atoms. The van der Waals surface area contributed by atoms with Crippen LogP contribution >= 0.6 is 0 Å². The number of fused-ring (bicyclic) bond motifs is 4. The highest BCUT2D eigenvalue weighted by atomic mass is 32.2. The minimum atomic E-state index is -3.55. The monoisotopic (exact) mass is 490 g/mol. The molecule has 0 radical (unpaired) electrons. The second-order valence-electron chi connectivity index (χ2n) is 8.74. The number of amides is 2. The molecule has 0 aliphatic carbocycles. The third kappa shape index (κ3) is 4.98. The van der Waals surface area contributed by atoms with Crippen molar-refractivity contribution in [2.24, 2.45) is 5.92 Å². The van der Waals surface area contributed by atoms with Crippen molar-refractivity contribution in [1.29, 1.82) is 0 Å². The molecule has 10 nitrogen and oxygen atoms in total. The summed E-state index contributed by atoms with van der Waals surface area (Å²) in [7, 11) is -0.460. The van der Waals surface area contributed by atoms with Gasteiger partial charge in [-0.25, -0.2) is 13.2 Å². The molecular formula is C23H30N4O6S. The van der Waals surface area contributed by atoms with Crippen molar-refractivity contribution in [2.75, 3.05) is 43.1 Å². The Bertz CT molecular complexity index is 1220. The minimum Gasteiger partial charge on any atom is -0.497 e. The third-order valence-electron chi connectivity index (χ3n) is 6.23. The molecule has 11 heteroatoms. The largest absolute Gasteiger partial charge is 0.497 e. The number of likely N-dealkylation sites (tertiary alicyclic amines) is 1. The van der Waals surface area contributed by atoms with Crippen LogP contribution in [0.4, 0.5) is 16.2 Å². The Morgan fingerprint density at radius 1 is 1.09 bits per heavy atom. The van der Waals surface area contributed by atoms with Crippen molar-refractivity contribution < 1.29 is 22.7 Å². The van der Waals surface area contributed by atoms with Crippen molar-refractivity contribution in [3.63, 3.8) is 0 Å². The molecule has 184 valence electrons. The van der Waals surface area contributed by atoms with Gasteiger partial charge >= 0.3 is 6.03 Å². The highest BCUT2D eigenvalue weighted by molar-refractivity contribution is 7.92. The lowest BCUT2D eigenvalue weighted by molar-refractivity contribution is 0.139. The van der Waals surface area contributed by atoms with Gasteiger partial charge < -0.3 is 24.3 Å². The molecule has 1 fully saturated rings. The summed E-state index contributed by atoms with van der Waals surface area (Å²) >= 11 is 0. The van der Waals surface area contributed by atoms with Gasteiger partial charge in [0.1, 0.15) is 17.2 Å². The SMILES string of the molecule is CCCS(=O)(=O)Nc1ccc2n(c1=O)CC1CC2CN(C(=O)Nc2cc(OC)cc(OC)c2)C1. The van der Waals surface area contributed by atoms with E-state index in [9.17, 15) is 18.0 Å². The molecule has 2 aromatic rings. The quantitative estimate of drug-likeness (QED) is 0.616. The van der Waals surface area contributed by atoms with E-state index >= 15 is 0 Å². The molecule has 1 aromatic heterocycles. The fourth-order valence-corrected chi connectivity index (χ4v) is 5.89. The highest BCUT2D eigenvalue weighted by Gasteiger charge is 2.37. The molecule has 2 bridgehead atoms. The maximum Gasteiger partial charge on any atom is 0.321 e. The van der Waals surface area contributed by atoms with Gasteiger partial charge in [0.25, 0.3) is 5.56 Å². The number of ether oxygens (including phenoxy) is 2. The highest BCUT2D eigenvalue weighted by Crippen LogP contribution is 2.36. The summed E-state index contributed by atoms with van der Waals surface area (Å²) in [6, 6.07) is 8.27. The van der Waals surface area contributed by atoms with Gasteiger partial charge in [-0.15, -0.1) is 0 Å². The van der Waals surface area contributed by atoms with Gasteiger partial charge in [-0.05, 0) is 30.9 Å². The number of nitrogens with one attached hydrogen (secondary N) is 2. The number of anilines is 2. The van der Waals surface area contributed by atoms with E-state index in [4.69, 9.17) is 9.47 Å². The number of hydrogen-bond donors (Lipinski definition) is 2. The summed E-state index contributed by atoms with van der Waals surface area (Å²) in [6.07, 6.45) is 1.34. The Hall–Kier alpha value is -3.21. The van der Waals surface area contributed by atoms with E-state index in [-0.39, 0.29) is 34.9 Å². The number of aromatic nitrogens is 1. The van der Waals surface area contributed by atoms with Gasteiger partial charge in [-0.1, -0.05) is 6.92 Å². The van der Waals surface area contributed by atoms with E-state index < -0.39 is 10.0 Å². The topological polar surface area (TPSA) is 119 Å². The molecular weight excluding hydrogens is 460 g/mol. The molecule has 2 aliphatic heterocycles. The molecule has 2 N–H and O–H groups in total. The molecule has 2 unspecified atom stereocenters. The number of benzene rings is 1. The van der Waals surface area contributed by atoms with Gasteiger partial charge in [0, 0.05) is 55.1 Å². The summed E-state index contributed by atoms with van der Waals surface area (Å²) in [6.45, 7) is 3.17. The standard InChI is InChI=1S/C23H30N4O6S/c1-4-7-34(30,31)25-20-5-6-21-16-8-15(13-27(21)22(20)28)12-26(14-16)23(29)24-17-9-18(32-2)11-19(10-17)33-3/h5-6,9-11,15-16,25H,4,7-8,12-14H2,1-3H3,(H,24,29). The first-order valence-electron chi connectivity index (χ1n) is 11.3. The molecule has 2 atom stereocenters. The van der Waals surface area contributed by atoms with Crippen molar-refractivity contribution in [3.8, 4) is 11.5 Å². The lowest BCUT2D eigenvalue weighted by Gasteiger charge is -2.42. The number of piperidine rings is 1. The van der Waals surface area contributed by atoms with Crippen LogP contribution in [0.2, 0.25) is 0 Å². The van der Waals surface area contributed by atoms with E-state index in [2.05, 4.69) is 10.0 Å². The molecule has 2 aliphatic rings. The van der Waals surface area contributed by atoms with Crippen LogP contribution in [0.3, 0.4) is 0 Å². The van der Waals surface area contributed by atoms with Crippen LogP contribution in [-0.4, -0.2) is 57.0 Å². The maximum atomic E-state index is 13.0. The predicted octanol–water partition coefficient (Wildman–Crippen LogP) is 2.67. The number of nitrogens with zero attached hydrogens (tertiary/aromatic N) is 2. The molecule has 1 aromatic carbocycles. The van der Waals surface area contributed by atoms with Gasteiger partial charge in [0.2, 0.25) is 10.0 Å². The molecule has 0 saturated carbocycles. The van der Waals surface area contributed by atoms with Gasteiger partial charge in [0.15, 0.2) is 0 Å².